The number of nitrogens with zero attached hydrogens (tertiary/aromatic N) is 1. The number of hydrogen-bond acceptors (Lipinski definition) is 4. The number of aromatic nitrogens is 1. The Labute approximate surface area is 198 Å². The second-order valence-corrected chi connectivity index (χ2v) is 9.34. The average Bonchev–Trinajstić information content (AvgIpc) is 3.28. The van der Waals surface area contributed by atoms with Crippen LogP contribution in [0.25, 0.3) is 33.3 Å². The number of ether oxygens (including phenoxy) is 1. The van der Waals surface area contributed by atoms with Crippen LogP contribution in [0.15, 0.2) is 89.3 Å². The third kappa shape index (κ3) is 4.50. The van der Waals surface area contributed by atoms with E-state index in [-0.39, 0.29) is 17.9 Å². The van der Waals surface area contributed by atoms with E-state index < -0.39 is 0 Å². The first-order valence-electron chi connectivity index (χ1n) is 11.3. The molecule has 0 unspecified atom stereocenters. The van der Waals surface area contributed by atoms with Crippen molar-refractivity contribution in [2.24, 2.45) is 0 Å². The molecule has 5 aromatic rings. The van der Waals surface area contributed by atoms with E-state index in [2.05, 4.69) is 32.2 Å². The summed E-state index contributed by atoms with van der Waals surface area (Å²) in [5.41, 5.74) is 4.29. The Bertz CT molecular complexity index is 1480. The van der Waals surface area contributed by atoms with Crippen molar-refractivity contribution in [2.45, 2.75) is 26.2 Å². The van der Waals surface area contributed by atoms with Crippen LogP contribution >= 0.6 is 0 Å². The van der Waals surface area contributed by atoms with E-state index >= 15 is 0 Å². The molecule has 1 N–H and O–H groups in total. The number of benzene rings is 4. The summed E-state index contributed by atoms with van der Waals surface area (Å²) in [5, 5.41) is 5.05. The lowest BCUT2D eigenvalue weighted by atomic mass is 9.87. The molecule has 0 saturated carbocycles. The van der Waals surface area contributed by atoms with E-state index in [0.717, 1.165) is 27.4 Å². The van der Waals surface area contributed by atoms with Crippen molar-refractivity contribution in [3.05, 3.63) is 90.5 Å². The highest BCUT2D eigenvalue weighted by Gasteiger charge is 2.14. The fourth-order valence-corrected chi connectivity index (χ4v) is 3.91. The van der Waals surface area contributed by atoms with Crippen LogP contribution < -0.4 is 10.1 Å². The van der Waals surface area contributed by atoms with E-state index in [9.17, 15) is 4.79 Å². The van der Waals surface area contributed by atoms with Gasteiger partial charge in [0.2, 0.25) is 5.89 Å². The lowest BCUT2D eigenvalue weighted by molar-refractivity contribution is -0.118. The fraction of sp³-hybridized carbons (Fsp3) is 0.172. The van der Waals surface area contributed by atoms with Crippen LogP contribution in [-0.4, -0.2) is 17.5 Å². The maximum atomic E-state index is 12.5. The zero-order valence-corrected chi connectivity index (χ0v) is 19.5. The molecule has 5 heteroatoms. The van der Waals surface area contributed by atoms with E-state index in [1.54, 1.807) is 0 Å². The van der Waals surface area contributed by atoms with E-state index in [1.165, 1.54) is 5.56 Å². The predicted molar refractivity (Wildman–Crippen MR) is 136 cm³/mol. The maximum absolute atomic E-state index is 12.5. The van der Waals surface area contributed by atoms with E-state index in [1.807, 2.05) is 78.9 Å². The Balaban J connectivity index is 1.29. The van der Waals surface area contributed by atoms with Gasteiger partial charge in [0.25, 0.3) is 5.91 Å². The molecule has 0 aliphatic rings. The lowest BCUT2D eigenvalue weighted by Crippen LogP contribution is -2.20. The first kappa shape index (κ1) is 21.7. The molecule has 0 atom stereocenters. The summed E-state index contributed by atoms with van der Waals surface area (Å²) in [4.78, 5) is 17.2. The molecular formula is C29H26N2O3. The van der Waals surface area contributed by atoms with Crippen molar-refractivity contribution >= 4 is 33.5 Å². The number of hydrogen-bond donors (Lipinski definition) is 1. The number of carbonyl (C=O) groups is 1. The topological polar surface area (TPSA) is 64.4 Å². The van der Waals surface area contributed by atoms with Crippen molar-refractivity contribution in [2.75, 3.05) is 11.9 Å². The summed E-state index contributed by atoms with van der Waals surface area (Å²) in [6.45, 7) is 6.41. The minimum Gasteiger partial charge on any atom is -0.484 e. The molecule has 1 heterocycles. The summed E-state index contributed by atoms with van der Waals surface area (Å²) in [7, 11) is 0. The van der Waals surface area contributed by atoms with E-state index in [0.29, 0.717) is 17.3 Å². The number of rotatable bonds is 5. The first-order valence-corrected chi connectivity index (χ1v) is 11.3. The molecule has 34 heavy (non-hydrogen) atoms. The largest absolute Gasteiger partial charge is 0.484 e. The van der Waals surface area contributed by atoms with Gasteiger partial charge in [0, 0.05) is 16.6 Å². The SMILES string of the molecule is CC(C)(C)c1ccc(OCC(=O)Nc2cccc(-c3nc4c(ccc5ccccc54)o3)c2)cc1. The average molecular weight is 451 g/mol. The Kier molecular flexibility index (Phi) is 5.54. The van der Waals surface area contributed by atoms with Crippen LogP contribution in [0.5, 0.6) is 5.75 Å². The van der Waals surface area contributed by atoms with Crippen LogP contribution in [-0.2, 0) is 10.2 Å². The number of oxazole rings is 1. The van der Waals surface area contributed by atoms with Gasteiger partial charge in [-0.2, -0.15) is 0 Å². The zero-order chi connectivity index (χ0) is 23.7. The van der Waals surface area contributed by atoms with Crippen molar-refractivity contribution in [1.29, 1.82) is 0 Å². The molecule has 0 aliphatic heterocycles. The van der Waals surface area contributed by atoms with Crippen LogP contribution in [0.4, 0.5) is 5.69 Å². The zero-order valence-electron chi connectivity index (χ0n) is 19.5. The molecule has 4 aromatic carbocycles. The van der Waals surface area contributed by atoms with E-state index in [4.69, 9.17) is 14.1 Å². The Hall–Kier alpha value is -4.12. The first-order chi connectivity index (χ1) is 16.4. The predicted octanol–water partition coefficient (Wildman–Crippen LogP) is 6.96. The number of amides is 1. The third-order valence-corrected chi connectivity index (χ3v) is 5.77. The highest BCUT2D eigenvalue weighted by atomic mass is 16.5. The van der Waals surface area contributed by atoms with Gasteiger partial charge in [-0.25, -0.2) is 4.98 Å². The lowest BCUT2D eigenvalue weighted by Gasteiger charge is -2.19. The quantitative estimate of drug-likeness (QED) is 0.314. The van der Waals surface area contributed by atoms with Gasteiger partial charge in [-0.15, -0.1) is 0 Å². The Morgan fingerprint density at radius 2 is 1.74 bits per heavy atom. The van der Waals surface area contributed by atoms with Gasteiger partial charge < -0.3 is 14.5 Å². The van der Waals surface area contributed by atoms with Gasteiger partial charge in [0.05, 0.1) is 0 Å². The summed E-state index contributed by atoms with van der Waals surface area (Å²) in [6, 6.07) is 27.4. The number of anilines is 1. The Morgan fingerprint density at radius 1 is 0.941 bits per heavy atom. The second-order valence-electron chi connectivity index (χ2n) is 9.34. The second kappa shape index (κ2) is 8.67. The van der Waals surface area contributed by atoms with Crippen LogP contribution in [0.3, 0.4) is 0 Å². The van der Waals surface area contributed by atoms with Crippen molar-refractivity contribution < 1.29 is 13.9 Å². The third-order valence-electron chi connectivity index (χ3n) is 5.77. The van der Waals surface area contributed by atoms with Crippen molar-refractivity contribution in [3.63, 3.8) is 0 Å². The smallest absolute Gasteiger partial charge is 0.262 e. The molecule has 0 bridgehead atoms. The van der Waals surface area contributed by atoms with Crippen LogP contribution in [0.1, 0.15) is 26.3 Å². The van der Waals surface area contributed by atoms with Gasteiger partial charge in [0.15, 0.2) is 12.2 Å². The molecule has 0 radical (unpaired) electrons. The number of carbonyl (C=O) groups excluding carboxylic acids is 1. The molecular weight excluding hydrogens is 424 g/mol. The molecule has 0 spiro atoms. The number of fused-ring (bicyclic) bond motifs is 3. The maximum Gasteiger partial charge on any atom is 0.262 e. The highest BCUT2D eigenvalue weighted by Crippen LogP contribution is 2.30. The van der Waals surface area contributed by atoms with Gasteiger partial charge >= 0.3 is 0 Å². The molecule has 0 saturated heterocycles. The summed E-state index contributed by atoms with van der Waals surface area (Å²) in [6.07, 6.45) is 0. The molecule has 1 aromatic heterocycles. The highest BCUT2D eigenvalue weighted by molar-refractivity contribution is 6.04. The van der Waals surface area contributed by atoms with Gasteiger partial charge in [-0.05, 0) is 52.8 Å². The fourth-order valence-electron chi connectivity index (χ4n) is 3.91. The van der Waals surface area contributed by atoms with Crippen LogP contribution in [0, 0.1) is 0 Å². The number of nitrogens with one attached hydrogen (secondary N) is 1. The van der Waals surface area contributed by atoms with Gasteiger partial charge in [0.1, 0.15) is 11.3 Å². The molecule has 170 valence electrons. The molecule has 0 fully saturated rings. The Morgan fingerprint density at radius 3 is 2.53 bits per heavy atom. The van der Waals surface area contributed by atoms with Crippen molar-refractivity contribution in [1.82, 2.24) is 4.98 Å². The molecule has 1 amide bonds. The summed E-state index contributed by atoms with van der Waals surface area (Å²) >= 11 is 0. The van der Waals surface area contributed by atoms with Crippen LogP contribution in [0.2, 0.25) is 0 Å². The van der Waals surface area contributed by atoms with Gasteiger partial charge in [-0.3, -0.25) is 4.79 Å². The molecule has 0 aliphatic carbocycles. The molecule has 5 nitrogen and oxygen atoms in total. The molecule has 5 rings (SSSR count). The monoisotopic (exact) mass is 450 g/mol. The van der Waals surface area contributed by atoms with Gasteiger partial charge in [-0.1, -0.05) is 69.3 Å². The minimum atomic E-state index is -0.236. The minimum absolute atomic E-state index is 0.0721. The standard InChI is InChI=1S/C29H26N2O3/c1-29(2,3)21-12-14-23(15-13-21)33-18-26(32)30-22-9-6-8-20(17-22)28-31-27-24-10-5-4-7-19(24)11-16-25(27)34-28/h4-17H,18H2,1-3H3,(H,30,32). The normalized spacial score (nSPS) is 11.6. The van der Waals surface area contributed by atoms with Crippen molar-refractivity contribution in [3.8, 4) is 17.2 Å². The summed E-state index contributed by atoms with van der Waals surface area (Å²) in [5.74, 6) is 0.939. The summed E-state index contributed by atoms with van der Waals surface area (Å²) < 4.78 is 11.7.